The molecule has 2 N–H and O–H groups in total. The third kappa shape index (κ3) is 5.85. The Balaban J connectivity index is 1.94. The molecule has 0 heterocycles. The summed E-state index contributed by atoms with van der Waals surface area (Å²) >= 11 is 5.85. The zero-order valence-corrected chi connectivity index (χ0v) is 16.3. The zero-order valence-electron chi connectivity index (χ0n) is 15.5. The van der Waals surface area contributed by atoms with Gasteiger partial charge in [0.2, 0.25) is 0 Å². The van der Waals surface area contributed by atoms with Crippen LogP contribution in [0.3, 0.4) is 0 Å². The maximum atomic E-state index is 12.3. The molecule has 2 aromatic rings. The smallest absolute Gasteiger partial charge is 0.318 e. The molecule has 0 saturated heterocycles. The summed E-state index contributed by atoms with van der Waals surface area (Å²) in [6, 6.07) is 12.4. The lowest BCUT2D eigenvalue weighted by atomic mass is 10.0. The van der Waals surface area contributed by atoms with E-state index in [-0.39, 0.29) is 12.1 Å². The summed E-state index contributed by atoms with van der Waals surface area (Å²) in [5, 5.41) is 6.31. The second-order valence-electron chi connectivity index (χ2n) is 6.03. The largest absolute Gasteiger partial charge is 0.494 e. The van der Waals surface area contributed by atoms with E-state index in [0.717, 1.165) is 16.9 Å². The highest BCUT2D eigenvalue weighted by Gasteiger charge is 2.16. The van der Waals surface area contributed by atoms with Gasteiger partial charge in [-0.3, -0.25) is 0 Å². The number of hydrogen-bond donors (Lipinski definition) is 2. The van der Waals surface area contributed by atoms with Crippen molar-refractivity contribution in [3.8, 4) is 11.5 Å². The Hall–Kier alpha value is -2.40. The molecule has 2 unspecified atom stereocenters. The molecular formula is C20H25ClN2O3. The minimum atomic E-state index is -0.493. The molecule has 0 saturated carbocycles. The van der Waals surface area contributed by atoms with Gasteiger partial charge in [-0.15, -0.1) is 0 Å². The summed E-state index contributed by atoms with van der Waals surface area (Å²) in [5.41, 5.74) is 2.05. The molecule has 0 aliphatic carbocycles. The molecule has 0 aromatic heterocycles. The van der Waals surface area contributed by atoms with E-state index in [9.17, 15) is 4.79 Å². The number of benzene rings is 2. The first-order chi connectivity index (χ1) is 12.4. The third-order valence-electron chi connectivity index (χ3n) is 3.74. The van der Waals surface area contributed by atoms with E-state index in [0.29, 0.717) is 17.4 Å². The molecule has 0 aliphatic heterocycles. The highest BCUT2D eigenvalue weighted by atomic mass is 35.5. The molecule has 2 atom stereocenters. The number of rotatable bonds is 7. The summed E-state index contributed by atoms with van der Waals surface area (Å²) in [6.45, 7) is 8.19. The minimum absolute atomic E-state index is 0.209. The Morgan fingerprint density at radius 3 is 2.46 bits per heavy atom. The van der Waals surface area contributed by atoms with Crippen LogP contribution in [0.1, 0.15) is 37.9 Å². The summed E-state index contributed by atoms with van der Waals surface area (Å²) in [6.07, 6.45) is -0.493. The third-order valence-corrected chi connectivity index (χ3v) is 3.99. The van der Waals surface area contributed by atoms with Gasteiger partial charge in [-0.05, 0) is 58.0 Å². The Morgan fingerprint density at radius 2 is 1.81 bits per heavy atom. The number of ether oxygens (including phenoxy) is 2. The fourth-order valence-electron chi connectivity index (χ4n) is 2.54. The van der Waals surface area contributed by atoms with Crippen molar-refractivity contribution in [1.82, 2.24) is 10.6 Å². The minimum Gasteiger partial charge on any atom is -0.494 e. The second-order valence-corrected chi connectivity index (χ2v) is 6.46. The van der Waals surface area contributed by atoms with Gasteiger partial charge in [-0.2, -0.15) is 0 Å². The molecule has 2 aromatic carbocycles. The van der Waals surface area contributed by atoms with Crippen LogP contribution in [0.15, 0.2) is 42.5 Å². The van der Waals surface area contributed by atoms with E-state index in [1.807, 2.05) is 39.0 Å². The van der Waals surface area contributed by atoms with Crippen LogP contribution in [0, 0.1) is 6.92 Å². The van der Waals surface area contributed by atoms with Crippen molar-refractivity contribution in [1.29, 1.82) is 0 Å². The van der Waals surface area contributed by atoms with E-state index >= 15 is 0 Å². The van der Waals surface area contributed by atoms with Crippen molar-refractivity contribution >= 4 is 17.6 Å². The van der Waals surface area contributed by atoms with Crippen molar-refractivity contribution in [3.05, 3.63) is 58.6 Å². The van der Waals surface area contributed by atoms with Crippen molar-refractivity contribution in [3.63, 3.8) is 0 Å². The molecule has 0 fully saturated rings. The maximum Gasteiger partial charge on any atom is 0.318 e. The molecular weight excluding hydrogens is 352 g/mol. The second kappa shape index (κ2) is 9.34. The molecule has 26 heavy (non-hydrogen) atoms. The quantitative estimate of drug-likeness (QED) is 0.680. The normalized spacial score (nSPS) is 12.8. The van der Waals surface area contributed by atoms with Gasteiger partial charge in [0.1, 0.15) is 11.5 Å². The molecule has 0 spiro atoms. The van der Waals surface area contributed by atoms with Gasteiger partial charge in [-0.1, -0.05) is 29.3 Å². The summed E-state index contributed by atoms with van der Waals surface area (Å²) in [5.74, 6) is 1.41. The number of amides is 2. The lowest BCUT2D eigenvalue weighted by Gasteiger charge is -2.21. The van der Waals surface area contributed by atoms with Crippen molar-refractivity contribution < 1.29 is 14.3 Å². The first-order valence-corrected chi connectivity index (χ1v) is 8.99. The van der Waals surface area contributed by atoms with Crippen LogP contribution in [-0.2, 0) is 0 Å². The highest BCUT2D eigenvalue weighted by molar-refractivity contribution is 6.30. The standard InChI is InChI=1S/C20H25ClN2O3/c1-5-25-19-11-6-13(2)12-18(19)14(3)22-20(24)23-15(4)26-17-9-7-16(21)8-10-17/h6-12,14-15H,5H2,1-4H3,(H2,22,23,24). The lowest BCUT2D eigenvalue weighted by Crippen LogP contribution is -2.44. The maximum absolute atomic E-state index is 12.3. The van der Waals surface area contributed by atoms with Gasteiger partial charge in [0.15, 0.2) is 6.23 Å². The van der Waals surface area contributed by atoms with Crippen LogP contribution in [0.5, 0.6) is 11.5 Å². The van der Waals surface area contributed by atoms with E-state index < -0.39 is 6.23 Å². The number of hydrogen-bond acceptors (Lipinski definition) is 3. The van der Waals surface area contributed by atoms with Crippen molar-refractivity contribution in [2.24, 2.45) is 0 Å². The van der Waals surface area contributed by atoms with Crippen LogP contribution >= 0.6 is 11.6 Å². The van der Waals surface area contributed by atoms with E-state index in [4.69, 9.17) is 21.1 Å². The average Bonchev–Trinajstić information content (AvgIpc) is 2.58. The lowest BCUT2D eigenvalue weighted by molar-refractivity contribution is 0.175. The predicted molar refractivity (Wildman–Crippen MR) is 104 cm³/mol. The van der Waals surface area contributed by atoms with Gasteiger partial charge in [0, 0.05) is 10.6 Å². The van der Waals surface area contributed by atoms with Gasteiger partial charge in [-0.25, -0.2) is 4.79 Å². The van der Waals surface area contributed by atoms with Crippen LogP contribution in [0.25, 0.3) is 0 Å². The highest BCUT2D eigenvalue weighted by Crippen LogP contribution is 2.26. The zero-order chi connectivity index (χ0) is 19.1. The van der Waals surface area contributed by atoms with Crippen molar-refractivity contribution in [2.45, 2.75) is 40.0 Å². The van der Waals surface area contributed by atoms with Crippen LogP contribution < -0.4 is 20.1 Å². The summed E-state index contributed by atoms with van der Waals surface area (Å²) in [7, 11) is 0. The average molecular weight is 377 g/mol. The van der Waals surface area contributed by atoms with Crippen molar-refractivity contribution in [2.75, 3.05) is 6.61 Å². The number of urea groups is 1. The molecule has 2 rings (SSSR count). The fourth-order valence-corrected chi connectivity index (χ4v) is 2.67. The number of nitrogens with one attached hydrogen (secondary N) is 2. The molecule has 2 amide bonds. The molecule has 140 valence electrons. The predicted octanol–water partition coefficient (Wildman–Crippen LogP) is 4.83. The topological polar surface area (TPSA) is 59.6 Å². The first-order valence-electron chi connectivity index (χ1n) is 8.61. The molecule has 0 bridgehead atoms. The van der Waals surface area contributed by atoms with Gasteiger partial charge in [0.05, 0.1) is 12.6 Å². The summed E-state index contributed by atoms with van der Waals surface area (Å²) in [4.78, 5) is 12.3. The van der Waals surface area contributed by atoms with Gasteiger partial charge in [0.25, 0.3) is 0 Å². The number of carbonyl (C=O) groups is 1. The molecule has 0 radical (unpaired) electrons. The van der Waals surface area contributed by atoms with Crippen LogP contribution in [0.4, 0.5) is 4.79 Å². The van der Waals surface area contributed by atoms with Gasteiger partial charge >= 0.3 is 6.03 Å². The number of carbonyl (C=O) groups excluding carboxylic acids is 1. The van der Waals surface area contributed by atoms with E-state index in [1.54, 1.807) is 31.2 Å². The SMILES string of the molecule is CCOc1ccc(C)cc1C(C)NC(=O)NC(C)Oc1ccc(Cl)cc1. The van der Waals surface area contributed by atoms with Gasteiger partial charge < -0.3 is 20.1 Å². The monoisotopic (exact) mass is 376 g/mol. The first kappa shape index (κ1) is 19.9. The Kier molecular flexibility index (Phi) is 7.16. The van der Waals surface area contributed by atoms with E-state index in [1.165, 1.54) is 0 Å². The Bertz CT molecular complexity index is 734. The Labute approximate surface area is 159 Å². The van der Waals surface area contributed by atoms with Crippen LogP contribution in [0.2, 0.25) is 5.02 Å². The molecule has 0 aliphatic rings. The van der Waals surface area contributed by atoms with Crippen LogP contribution in [-0.4, -0.2) is 18.9 Å². The molecule has 6 heteroatoms. The fraction of sp³-hybridized carbons (Fsp3) is 0.350. The van der Waals surface area contributed by atoms with E-state index in [2.05, 4.69) is 10.6 Å². The Morgan fingerprint density at radius 1 is 1.12 bits per heavy atom. The summed E-state index contributed by atoms with van der Waals surface area (Å²) < 4.78 is 11.3. The molecule has 5 nitrogen and oxygen atoms in total. The number of aryl methyl sites for hydroxylation is 1. The number of halogens is 1.